The van der Waals surface area contributed by atoms with Gasteiger partial charge < -0.3 is 10.6 Å². The molecule has 2 N–H and O–H groups in total. The highest BCUT2D eigenvalue weighted by Crippen LogP contribution is 2.31. The first-order valence-electron chi connectivity index (χ1n) is 9.96. The highest BCUT2D eigenvalue weighted by atomic mass is 35.5. The number of benzene rings is 2. The Morgan fingerprint density at radius 1 is 1.14 bits per heavy atom. The van der Waals surface area contributed by atoms with E-state index in [1.54, 1.807) is 6.20 Å². The summed E-state index contributed by atoms with van der Waals surface area (Å²) in [6.45, 7) is 5.90. The average Bonchev–Trinajstić information content (AvgIpc) is 3.17. The fraction of sp³-hybridized carbons (Fsp3) is 0.304. The van der Waals surface area contributed by atoms with Crippen LogP contribution in [0, 0.1) is 13.8 Å². The van der Waals surface area contributed by atoms with Crippen molar-refractivity contribution in [2.24, 2.45) is 0 Å². The largest absolute Gasteiger partial charge is 0.322 e. The number of halogens is 1. The molecule has 2 aromatic carbocycles. The first kappa shape index (κ1) is 19.7. The predicted octanol–water partition coefficient (Wildman–Crippen LogP) is 4.86. The number of hydrogen-bond donors (Lipinski definition) is 2. The minimum atomic E-state index is -0.118. The number of rotatable bonds is 4. The standard InChI is InChI=1S/C23H25ClN4O/c1-15-3-4-16(2)21(13-15)27-23(29)20-14-26-28(19-7-5-18(24)6-8-19)22(20)17-9-11-25-12-10-17/h3-8,13-14,17,25H,9-12H2,1-2H3,(H,27,29). The summed E-state index contributed by atoms with van der Waals surface area (Å²) in [5.74, 6) is 0.154. The van der Waals surface area contributed by atoms with Crippen LogP contribution in [0.4, 0.5) is 5.69 Å². The number of piperidine rings is 1. The summed E-state index contributed by atoms with van der Waals surface area (Å²) in [6, 6.07) is 13.6. The number of anilines is 1. The van der Waals surface area contributed by atoms with Crippen molar-refractivity contribution in [1.29, 1.82) is 0 Å². The lowest BCUT2D eigenvalue weighted by molar-refractivity contribution is 0.102. The molecular weight excluding hydrogens is 384 g/mol. The van der Waals surface area contributed by atoms with Crippen LogP contribution in [-0.2, 0) is 0 Å². The Hall–Kier alpha value is -2.63. The zero-order valence-electron chi connectivity index (χ0n) is 16.7. The van der Waals surface area contributed by atoms with Crippen molar-refractivity contribution in [3.05, 3.63) is 76.1 Å². The van der Waals surface area contributed by atoms with Gasteiger partial charge in [0.2, 0.25) is 0 Å². The van der Waals surface area contributed by atoms with Crippen molar-refractivity contribution in [1.82, 2.24) is 15.1 Å². The van der Waals surface area contributed by atoms with Gasteiger partial charge in [-0.05, 0) is 81.2 Å². The van der Waals surface area contributed by atoms with Crippen LogP contribution in [-0.4, -0.2) is 28.8 Å². The molecule has 0 saturated carbocycles. The summed E-state index contributed by atoms with van der Waals surface area (Å²) < 4.78 is 1.89. The molecular formula is C23H25ClN4O. The Balaban J connectivity index is 1.73. The molecule has 3 aromatic rings. The van der Waals surface area contributed by atoms with Crippen molar-refractivity contribution < 1.29 is 4.79 Å². The number of amides is 1. The van der Waals surface area contributed by atoms with E-state index in [4.69, 9.17) is 11.6 Å². The molecule has 29 heavy (non-hydrogen) atoms. The number of hydrogen-bond acceptors (Lipinski definition) is 3. The third-order valence-electron chi connectivity index (χ3n) is 5.49. The van der Waals surface area contributed by atoms with Crippen LogP contribution in [0.15, 0.2) is 48.7 Å². The Kier molecular flexibility index (Phi) is 5.69. The molecule has 1 aliphatic heterocycles. The molecule has 1 fully saturated rings. The van der Waals surface area contributed by atoms with E-state index in [1.165, 1.54) is 0 Å². The van der Waals surface area contributed by atoms with Gasteiger partial charge in [-0.3, -0.25) is 4.79 Å². The van der Waals surface area contributed by atoms with Crippen LogP contribution in [0.2, 0.25) is 5.02 Å². The number of nitrogens with zero attached hydrogens (tertiary/aromatic N) is 2. The highest BCUT2D eigenvalue weighted by Gasteiger charge is 2.27. The monoisotopic (exact) mass is 408 g/mol. The summed E-state index contributed by atoms with van der Waals surface area (Å²) >= 11 is 6.06. The Morgan fingerprint density at radius 2 is 1.86 bits per heavy atom. The zero-order chi connectivity index (χ0) is 20.4. The summed E-state index contributed by atoms with van der Waals surface area (Å²) in [5, 5.41) is 11.8. The third kappa shape index (κ3) is 4.21. The summed E-state index contributed by atoms with van der Waals surface area (Å²) in [6.07, 6.45) is 3.64. The fourth-order valence-electron chi connectivity index (χ4n) is 3.87. The van der Waals surface area contributed by atoms with Gasteiger partial charge in [0.05, 0.1) is 23.1 Å². The molecule has 1 saturated heterocycles. The highest BCUT2D eigenvalue weighted by molar-refractivity contribution is 6.30. The molecule has 6 heteroatoms. The van der Waals surface area contributed by atoms with E-state index in [2.05, 4.69) is 15.7 Å². The predicted molar refractivity (Wildman–Crippen MR) is 117 cm³/mol. The lowest BCUT2D eigenvalue weighted by Gasteiger charge is -2.24. The number of nitrogens with one attached hydrogen (secondary N) is 2. The molecule has 5 nitrogen and oxygen atoms in total. The molecule has 0 bridgehead atoms. The van der Waals surface area contributed by atoms with Gasteiger partial charge in [-0.2, -0.15) is 5.10 Å². The zero-order valence-corrected chi connectivity index (χ0v) is 17.5. The molecule has 2 heterocycles. The number of carbonyl (C=O) groups is 1. The van der Waals surface area contributed by atoms with Crippen LogP contribution in [0.3, 0.4) is 0 Å². The van der Waals surface area contributed by atoms with Gasteiger partial charge in [0.25, 0.3) is 5.91 Å². The SMILES string of the molecule is Cc1ccc(C)c(NC(=O)c2cnn(-c3ccc(Cl)cc3)c2C2CCNCC2)c1. The molecule has 1 aliphatic rings. The van der Waals surface area contributed by atoms with Crippen LogP contribution in [0.5, 0.6) is 0 Å². The van der Waals surface area contributed by atoms with E-state index in [-0.39, 0.29) is 11.8 Å². The van der Waals surface area contributed by atoms with E-state index < -0.39 is 0 Å². The van der Waals surface area contributed by atoms with Crippen molar-refractivity contribution in [2.75, 3.05) is 18.4 Å². The molecule has 0 spiro atoms. The van der Waals surface area contributed by atoms with Gasteiger partial charge in [-0.15, -0.1) is 0 Å². The lowest BCUT2D eigenvalue weighted by Crippen LogP contribution is -2.29. The maximum Gasteiger partial charge on any atom is 0.259 e. The van der Waals surface area contributed by atoms with E-state index in [1.807, 2.05) is 61.0 Å². The quantitative estimate of drug-likeness (QED) is 0.648. The average molecular weight is 409 g/mol. The van der Waals surface area contributed by atoms with E-state index in [0.29, 0.717) is 10.6 Å². The Bertz CT molecular complexity index is 1020. The van der Waals surface area contributed by atoms with Gasteiger partial charge >= 0.3 is 0 Å². The van der Waals surface area contributed by atoms with Crippen molar-refractivity contribution in [3.8, 4) is 5.69 Å². The second kappa shape index (κ2) is 8.39. The van der Waals surface area contributed by atoms with Crippen LogP contribution >= 0.6 is 11.6 Å². The Morgan fingerprint density at radius 3 is 2.59 bits per heavy atom. The van der Waals surface area contributed by atoms with E-state index >= 15 is 0 Å². The molecule has 1 aromatic heterocycles. The first-order chi connectivity index (χ1) is 14.0. The first-order valence-corrected chi connectivity index (χ1v) is 10.3. The van der Waals surface area contributed by atoms with Crippen molar-refractivity contribution >= 4 is 23.2 Å². The minimum absolute atomic E-state index is 0.118. The normalized spacial score (nSPS) is 14.7. The molecule has 0 unspecified atom stereocenters. The fourth-order valence-corrected chi connectivity index (χ4v) is 4.00. The second-order valence-corrected chi connectivity index (χ2v) is 8.06. The summed E-state index contributed by atoms with van der Waals surface area (Å²) in [7, 11) is 0. The molecule has 150 valence electrons. The smallest absolute Gasteiger partial charge is 0.259 e. The topological polar surface area (TPSA) is 59.0 Å². The van der Waals surface area contributed by atoms with Crippen molar-refractivity contribution in [3.63, 3.8) is 0 Å². The maximum absolute atomic E-state index is 13.2. The van der Waals surface area contributed by atoms with Gasteiger partial charge in [-0.1, -0.05) is 23.7 Å². The number of carbonyl (C=O) groups excluding carboxylic acids is 1. The van der Waals surface area contributed by atoms with E-state index in [9.17, 15) is 4.79 Å². The van der Waals surface area contributed by atoms with Crippen molar-refractivity contribution in [2.45, 2.75) is 32.6 Å². The van der Waals surface area contributed by atoms with Crippen LogP contribution < -0.4 is 10.6 Å². The van der Waals surface area contributed by atoms with Crippen LogP contribution in [0.25, 0.3) is 5.69 Å². The van der Waals surface area contributed by atoms with Gasteiger partial charge in [-0.25, -0.2) is 4.68 Å². The molecule has 0 aliphatic carbocycles. The van der Waals surface area contributed by atoms with Gasteiger partial charge in [0.15, 0.2) is 0 Å². The minimum Gasteiger partial charge on any atom is -0.322 e. The Labute approximate surface area is 176 Å². The number of aromatic nitrogens is 2. The second-order valence-electron chi connectivity index (χ2n) is 7.63. The summed E-state index contributed by atoms with van der Waals surface area (Å²) in [4.78, 5) is 13.2. The molecule has 0 radical (unpaired) electrons. The third-order valence-corrected chi connectivity index (χ3v) is 5.74. The van der Waals surface area contributed by atoms with Crippen LogP contribution in [0.1, 0.15) is 45.9 Å². The lowest BCUT2D eigenvalue weighted by atomic mass is 9.91. The number of aryl methyl sites for hydroxylation is 2. The molecule has 4 rings (SSSR count). The maximum atomic E-state index is 13.2. The molecule has 0 atom stereocenters. The van der Waals surface area contributed by atoms with Gasteiger partial charge in [0.1, 0.15) is 0 Å². The summed E-state index contributed by atoms with van der Waals surface area (Å²) in [5.41, 5.74) is 5.50. The molecule has 1 amide bonds. The van der Waals surface area contributed by atoms with Gasteiger partial charge in [0, 0.05) is 16.6 Å². The van der Waals surface area contributed by atoms with E-state index in [0.717, 1.165) is 54.1 Å².